The lowest BCUT2D eigenvalue weighted by Crippen LogP contribution is -2.46. The van der Waals surface area contributed by atoms with Crippen molar-refractivity contribution in [2.75, 3.05) is 13.1 Å². The zero-order valence-corrected chi connectivity index (χ0v) is 17.3. The molecule has 1 aliphatic carbocycles. The van der Waals surface area contributed by atoms with Gasteiger partial charge in [-0.3, -0.25) is 0 Å². The van der Waals surface area contributed by atoms with Crippen LogP contribution in [0.3, 0.4) is 0 Å². The van der Waals surface area contributed by atoms with Crippen LogP contribution in [0.25, 0.3) is 0 Å². The summed E-state index contributed by atoms with van der Waals surface area (Å²) in [7, 11) is 0. The topological polar surface area (TPSA) is 67.1 Å². The first-order chi connectivity index (χ1) is 11.3. The Morgan fingerprint density at radius 1 is 1.17 bits per heavy atom. The Morgan fingerprint density at radius 2 is 2.00 bits per heavy atom. The van der Waals surface area contributed by atoms with E-state index in [1.807, 2.05) is 0 Å². The van der Waals surface area contributed by atoms with Gasteiger partial charge in [-0.2, -0.15) is 0 Å². The summed E-state index contributed by atoms with van der Waals surface area (Å²) < 4.78 is 2.25. The molecule has 0 unspecified atom stereocenters. The van der Waals surface area contributed by atoms with Gasteiger partial charge in [-0.25, -0.2) is 4.99 Å². The maximum atomic E-state index is 4.73. The van der Waals surface area contributed by atoms with Gasteiger partial charge in [0.15, 0.2) is 11.8 Å². The number of guanidine groups is 1. The van der Waals surface area contributed by atoms with Crippen molar-refractivity contribution < 1.29 is 0 Å². The standard InChI is InChI=1S/C17H30N6.HI/c1-3-17(9-7-10-17)13-20-16(18-4-2)19-12-15-22-21-14-8-5-6-11-23(14)15;/h3-13H2,1-2H3,(H2,18,19,20);1H. The summed E-state index contributed by atoms with van der Waals surface area (Å²) in [5, 5.41) is 15.5. The second-order valence-electron chi connectivity index (χ2n) is 6.90. The van der Waals surface area contributed by atoms with Crippen molar-refractivity contribution >= 4 is 29.9 Å². The SMILES string of the molecule is CCNC(=NCc1nnc2n1CCCC2)NCC1(CC)CCC1.I. The highest BCUT2D eigenvalue weighted by Gasteiger charge is 2.34. The summed E-state index contributed by atoms with van der Waals surface area (Å²) in [5.41, 5.74) is 0.490. The van der Waals surface area contributed by atoms with Gasteiger partial charge in [0.05, 0.1) is 0 Å². The Kier molecular flexibility index (Phi) is 7.31. The fraction of sp³-hybridized carbons (Fsp3) is 0.824. The number of aryl methyl sites for hydroxylation is 1. The number of fused-ring (bicyclic) bond motifs is 1. The van der Waals surface area contributed by atoms with Crippen molar-refractivity contribution in [3.05, 3.63) is 11.6 Å². The van der Waals surface area contributed by atoms with E-state index in [-0.39, 0.29) is 24.0 Å². The van der Waals surface area contributed by atoms with Crippen LogP contribution in [0.5, 0.6) is 0 Å². The smallest absolute Gasteiger partial charge is 0.191 e. The lowest BCUT2D eigenvalue weighted by atomic mass is 9.67. The Labute approximate surface area is 162 Å². The van der Waals surface area contributed by atoms with E-state index >= 15 is 0 Å². The molecule has 1 saturated carbocycles. The van der Waals surface area contributed by atoms with Crippen molar-refractivity contribution in [3.8, 4) is 0 Å². The number of nitrogens with one attached hydrogen (secondary N) is 2. The average Bonchev–Trinajstić information content (AvgIpc) is 2.95. The van der Waals surface area contributed by atoms with E-state index in [1.54, 1.807) is 0 Å². The number of aromatic nitrogens is 3. The van der Waals surface area contributed by atoms with Gasteiger partial charge < -0.3 is 15.2 Å². The van der Waals surface area contributed by atoms with Gasteiger partial charge in [0.1, 0.15) is 12.4 Å². The zero-order valence-electron chi connectivity index (χ0n) is 15.0. The van der Waals surface area contributed by atoms with E-state index in [9.17, 15) is 0 Å². The number of hydrogen-bond donors (Lipinski definition) is 2. The number of hydrogen-bond acceptors (Lipinski definition) is 3. The van der Waals surface area contributed by atoms with E-state index in [1.165, 1.54) is 38.5 Å². The Balaban J connectivity index is 0.00000208. The summed E-state index contributed by atoms with van der Waals surface area (Å²) >= 11 is 0. The maximum Gasteiger partial charge on any atom is 0.191 e. The molecule has 7 heteroatoms. The van der Waals surface area contributed by atoms with Crippen LogP contribution in [0.2, 0.25) is 0 Å². The average molecular weight is 446 g/mol. The Bertz CT molecular complexity index is 544. The van der Waals surface area contributed by atoms with E-state index in [0.717, 1.165) is 43.7 Å². The molecule has 2 N–H and O–H groups in total. The summed E-state index contributed by atoms with van der Waals surface area (Å²) in [5.74, 6) is 3.02. The Hall–Kier alpha value is -0.860. The summed E-state index contributed by atoms with van der Waals surface area (Å²) in [6.45, 7) is 7.94. The normalized spacial score (nSPS) is 19.0. The van der Waals surface area contributed by atoms with Crippen LogP contribution >= 0.6 is 24.0 Å². The van der Waals surface area contributed by atoms with E-state index in [2.05, 4.69) is 39.2 Å². The Morgan fingerprint density at radius 3 is 2.67 bits per heavy atom. The predicted molar refractivity (Wildman–Crippen MR) is 108 cm³/mol. The summed E-state index contributed by atoms with van der Waals surface area (Å²) in [6.07, 6.45) is 8.80. The molecular formula is C17H31IN6. The molecule has 0 saturated heterocycles. The third-order valence-electron chi connectivity index (χ3n) is 5.45. The molecule has 3 rings (SSSR count). The van der Waals surface area contributed by atoms with Crippen LogP contribution in [0.4, 0.5) is 0 Å². The molecule has 1 aromatic rings. The van der Waals surface area contributed by atoms with Crippen molar-refractivity contribution in [1.29, 1.82) is 0 Å². The first-order valence-corrected chi connectivity index (χ1v) is 9.19. The monoisotopic (exact) mass is 446 g/mol. The van der Waals surface area contributed by atoms with Crippen LogP contribution in [0.15, 0.2) is 4.99 Å². The minimum absolute atomic E-state index is 0. The summed E-state index contributed by atoms with van der Waals surface area (Å²) in [4.78, 5) is 4.73. The molecule has 6 nitrogen and oxygen atoms in total. The van der Waals surface area contributed by atoms with Crippen LogP contribution in [0, 0.1) is 5.41 Å². The van der Waals surface area contributed by atoms with Gasteiger partial charge in [-0.1, -0.05) is 13.3 Å². The fourth-order valence-electron chi connectivity index (χ4n) is 3.58. The van der Waals surface area contributed by atoms with E-state index in [0.29, 0.717) is 12.0 Å². The molecule has 2 aliphatic rings. The van der Waals surface area contributed by atoms with E-state index < -0.39 is 0 Å². The number of halogens is 1. The molecular weight excluding hydrogens is 415 g/mol. The van der Waals surface area contributed by atoms with Gasteiger partial charge in [0.2, 0.25) is 0 Å². The molecule has 136 valence electrons. The zero-order chi connectivity index (χ0) is 16.1. The quantitative estimate of drug-likeness (QED) is 0.401. The lowest BCUT2D eigenvalue weighted by Gasteiger charge is -2.41. The molecule has 0 spiro atoms. The fourth-order valence-corrected chi connectivity index (χ4v) is 3.58. The van der Waals surface area contributed by atoms with Gasteiger partial charge in [-0.05, 0) is 44.4 Å². The predicted octanol–water partition coefficient (Wildman–Crippen LogP) is 2.87. The second kappa shape index (κ2) is 9.01. The largest absolute Gasteiger partial charge is 0.357 e. The lowest BCUT2D eigenvalue weighted by molar-refractivity contribution is 0.131. The molecule has 1 aliphatic heterocycles. The molecule has 0 bridgehead atoms. The van der Waals surface area contributed by atoms with Gasteiger partial charge >= 0.3 is 0 Å². The van der Waals surface area contributed by atoms with Crippen LogP contribution in [-0.2, 0) is 19.5 Å². The maximum absolute atomic E-state index is 4.73. The highest BCUT2D eigenvalue weighted by molar-refractivity contribution is 14.0. The first kappa shape index (κ1) is 19.5. The van der Waals surface area contributed by atoms with Crippen LogP contribution < -0.4 is 10.6 Å². The molecule has 0 atom stereocenters. The highest BCUT2D eigenvalue weighted by atomic mass is 127. The van der Waals surface area contributed by atoms with Crippen molar-refractivity contribution in [2.45, 2.75) is 71.9 Å². The molecule has 1 fully saturated rings. The molecule has 0 amide bonds. The number of nitrogens with zero attached hydrogens (tertiary/aromatic N) is 4. The number of aliphatic imine (C=N–C) groups is 1. The van der Waals surface area contributed by atoms with E-state index in [4.69, 9.17) is 4.99 Å². The molecule has 24 heavy (non-hydrogen) atoms. The highest BCUT2D eigenvalue weighted by Crippen LogP contribution is 2.42. The van der Waals surface area contributed by atoms with Gasteiger partial charge in [0.25, 0.3) is 0 Å². The van der Waals surface area contributed by atoms with Crippen molar-refractivity contribution in [2.24, 2.45) is 10.4 Å². The van der Waals surface area contributed by atoms with Crippen LogP contribution in [-0.4, -0.2) is 33.8 Å². The molecule has 2 heterocycles. The van der Waals surface area contributed by atoms with Crippen molar-refractivity contribution in [3.63, 3.8) is 0 Å². The van der Waals surface area contributed by atoms with Gasteiger partial charge in [-0.15, -0.1) is 34.2 Å². The third-order valence-corrected chi connectivity index (χ3v) is 5.45. The minimum Gasteiger partial charge on any atom is -0.357 e. The first-order valence-electron chi connectivity index (χ1n) is 9.19. The van der Waals surface area contributed by atoms with Crippen molar-refractivity contribution in [1.82, 2.24) is 25.4 Å². The molecule has 0 radical (unpaired) electrons. The molecule has 1 aromatic heterocycles. The minimum atomic E-state index is 0. The van der Waals surface area contributed by atoms with Gasteiger partial charge in [0, 0.05) is 26.1 Å². The number of rotatable bonds is 6. The second-order valence-corrected chi connectivity index (χ2v) is 6.90. The summed E-state index contributed by atoms with van der Waals surface area (Å²) in [6, 6.07) is 0. The third kappa shape index (κ3) is 4.40. The molecule has 0 aromatic carbocycles. The van der Waals surface area contributed by atoms with Crippen LogP contribution in [0.1, 0.15) is 64.0 Å².